The average Bonchev–Trinajstić information content (AvgIpc) is 2.67. The lowest BCUT2D eigenvalue weighted by molar-refractivity contribution is 0.416. The van der Waals surface area contributed by atoms with Gasteiger partial charge in [-0.05, 0) is 30.7 Å². The van der Waals surface area contributed by atoms with Crippen LogP contribution in [-0.2, 0) is 0 Å². The van der Waals surface area contributed by atoms with Gasteiger partial charge in [-0.15, -0.1) is 0 Å². The van der Waals surface area contributed by atoms with E-state index in [2.05, 4.69) is 19.9 Å². The summed E-state index contributed by atoms with van der Waals surface area (Å²) in [4.78, 5) is 15.2. The van der Waals surface area contributed by atoms with Crippen LogP contribution in [0.3, 0.4) is 0 Å². The lowest BCUT2D eigenvalue weighted by atomic mass is 10.00. The first-order chi connectivity index (χ1) is 13.2. The van der Waals surface area contributed by atoms with Crippen molar-refractivity contribution in [3.05, 3.63) is 60.2 Å². The van der Waals surface area contributed by atoms with Crippen molar-refractivity contribution in [2.75, 3.05) is 30.8 Å². The number of nitrogens with zero attached hydrogens (tertiary/aromatic N) is 4. The van der Waals surface area contributed by atoms with Gasteiger partial charge in [0, 0.05) is 42.8 Å². The van der Waals surface area contributed by atoms with Crippen LogP contribution in [0.5, 0.6) is 5.75 Å². The molecule has 0 spiro atoms. The van der Waals surface area contributed by atoms with Crippen LogP contribution in [-0.4, -0.2) is 40.9 Å². The van der Waals surface area contributed by atoms with Crippen LogP contribution < -0.4 is 15.4 Å². The largest absolute Gasteiger partial charge is 0.496 e. The van der Waals surface area contributed by atoms with Crippen LogP contribution >= 0.6 is 0 Å². The molecule has 0 bridgehead atoms. The maximum absolute atomic E-state index is 8.68. The van der Waals surface area contributed by atoms with Gasteiger partial charge in [0.05, 0.1) is 36.0 Å². The van der Waals surface area contributed by atoms with E-state index in [9.17, 15) is 0 Å². The Morgan fingerprint density at radius 1 is 1.15 bits per heavy atom. The van der Waals surface area contributed by atoms with E-state index in [0.29, 0.717) is 28.4 Å². The number of methoxy groups -OCH3 is 1. The number of hydrogen-bond donors (Lipinski definition) is 2. The zero-order chi connectivity index (χ0) is 18.8. The molecule has 0 aromatic carbocycles. The second-order valence-electron chi connectivity index (χ2n) is 6.35. The Kier molecular flexibility index (Phi) is 4.42. The Hall–Kier alpha value is -3.48. The molecular formula is C20H20N6O. The summed E-state index contributed by atoms with van der Waals surface area (Å²) in [6, 6.07) is 7.35. The summed E-state index contributed by atoms with van der Waals surface area (Å²) in [5, 5.41) is 8.68. The molecule has 0 unspecified atom stereocenters. The SMILES string of the molecule is COc1ccncc1-c1cc(C(=N)c2ccnc(N3CCC3)c2)c(N)cn1. The van der Waals surface area contributed by atoms with Gasteiger partial charge >= 0.3 is 0 Å². The van der Waals surface area contributed by atoms with Gasteiger partial charge in [-0.2, -0.15) is 0 Å². The van der Waals surface area contributed by atoms with Crippen molar-refractivity contribution >= 4 is 17.2 Å². The maximum Gasteiger partial charge on any atom is 0.131 e. The zero-order valence-corrected chi connectivity index (χ0v) is 15.0. The number of hydrogen-bond acceptors (Lipinski definition) is 7. The molecule has 136 valence electrons. The number of rotatable bonds is 5. The molecule has 0 saturated carbocycles. The Morgan fingerprint density at radius 3 is 2.74 bits per heavy atom. The smallest absolute Gasteiger partial charge is 0.131 e. The number of aromatic nitrogens is 3. The van der Waals surface area contributed by atoms with Gasteiger partial charge in [0.25, 0.3) is 0 Å². The van der Waals surface area contributed by atoms with Crippen LogP contribution in [0.2, 0.25) is 0 Å². The molecule has 3 aromatic rings. The molecule has 3 aromatic heterocycles. The van der Waals surface area contributed by atoms with Crippen LogP contribution in [0.25, 0.3) is 11.3 Å². The summed E-state index contributed by atoms with van der Waals surface area (Å²) in [5.74, 6) is 1.56. The van der Waals surface area contributed by atoms with E-state index in [4.69, 9.17) is 15.9 Å². The summed E-state index contributed by atoms with van der Waals surface area (Å²) in [6.45, 7) is 2.01. The number of nitrogens with one attached hydrogen (secondary N) is 1. The van der Waals surface area contributed by atoms with E-state index in [1.165, 1.54) is 6.42 Å². The highest BCUT2D eigenvalue weighted by atomic mass is 16.5. The Bertz CT molecular complexity index is 999. The summed E-state index contributed by atoms with van der Waals surface area (Å²) < 4.78 is 5.40. The second-order valence-corrected chi connectivity index (χ2v) is 6.35. The van der Waals surface area contributed by atoms with Crippen molar-refractivity contribution in [1.29, 1.82) is 5.41 Å². The number of ether oxygens (including phenoxy) is 1. The van der Waals surface area contributed by atoms with E-state index in [-0.39, 0.29) is 0 Å². The fourth-order valence-corrected chi connectivity index (χ4v) is 3.03. The molecule has 1 saturated heterocycles. The highest BCUT2D eigenvalue weighted by Gasteiger charge is 2.18. The average molecular weight is 360 g/mol. The third-order valence-electron chi connectivity index (χ3n) is 4.70. The van der Waals surface area contributed by atoms with Crippen molar-refractivity contribution in [2.45, 2.75) is 6.42 Å². The number of nitrogens with two attached hydrogens (primary N) is 1. The van der Waals surface area contributed by atoms with Crippen LogP contribution in [0.1, 0.15) is 17.5 Å². The van der Waals surface area contributed by atoms with Gasteiger partial charge in [-0.3, -0.25) is 15.4 Å². The Labute approximate surface area is 157 Å². The molecule has 4 rings (SSSR count). The minimum absolute atomic E-state index is 0.336. The molecule has 7 heteroatoms. The molecule has 7 nitrogen and oxygen atoms in total. The van der Waals surface area contributed by atoms with Gasteiger partial charge in [0.15, 0.2) is 0 Å². The molecule has 1 fully saturated rings. The predicted octanol–water partition coefficient (Wildman–Crippen LogP) is 2.76. The van der Waals surface area contributed by atoms with Crippen molar-refractivity contribution in [3.63, 3.8) is 0 Å². The van der Waals surface area contributed by atoms with Gasteiger partial charge in [0.2, 0.25) is 0 Å². The third-order valence-corrected chi connectivity index (χ3v) is 4.70. The van der Waals surface area contributed by atoms with E-state index in [1.807, 2.05) is 12.1 Å². The van der Waals surface area contributed by atoms with Gasteiger partial charge in [0.1, 0.15) is 11.6 Å². The third kappa shape index (κ3) is 3.19. The molecule has 0 atom stereocenters. The van der Waals surface area contributed by atoms with Gasteiger partial charge < -0.3 is 15.4 Å². The Balaban J connectivity index is 1.72. The fourth-order valence-electron chi connectivity index (χ4n) is 3.03. The highest BCUT2D eigenvalue weighted by molar-refractivity contribution is 6.14. The number of anilines is 2. The molecule has 3 N–H and O–H groups in total. The summed E-state index contributed by atoms with van der Waals surface area (Å²) in [5.41, 5.74) is 9.73. The minimum atomic E-state index is 0.336. The second kappa shape index (κ2) is 7.03. The van der Waals surface area contributed by atoms with Crippen molar-refractivity contribution in [3.8, 4) is 17.0 Å². The normalized spacial score (nSPS) is 13.1. The van der Waals surface area contributed by atoms with Gasteiger partial charge in [-0.25, -0.2) is 4.98 Å². The molecule has 0 aliphatic carbocycles. The molecule has 0 radical (unpaired) electrons. The quantitative estimate of drug-likeness (QED) is 0.679. The Morgan fingerprint density at radius 2 is 2.00 bits per heavy atom. The van der Waals surface area contributed by atoms with Crippen molar-refractivity contribution in [1.82, 2.24) is 15.0 Å². The topological polar surface area (TPSA) is 101 Å². The molecular weight excluding hydrogens is 340 g/mol. The first kappa shape index (κ1) is 17.0. The molecule has 4 heterocycles. The predicted molar refractivity (Wildman–Crippen MR) is 105 cm³/mol. The van der Waals surface area contributed by atoms with Crippen LogP contribution in [0.4, 0.5) is 11.5 Å². The van der Waals surface area contributed by atoms with Crippen molar-refractivity contribution < 1.29 is 4.74 Å². The molecule has 1 aliphatic rings. The molecule has 1 aliphatic heterocycles. The van der Waals surface area contributed by atoms with Crippen molar-refractivity contribution in [2.24, 2.45) is 0 Å². The van der Waals surface area contributed by atoms with E-state index in [0.717, 1.165) is 30.0 Å². The summed E-state index contributed by atoms with van der Waals surface area (Å²) >= 11 is 0. The lowest BCUT2D eigenvalue weighted by Gasteiger charge is -2.32. The molecule has 0 amide bonds. The highest BCUT2D eigenvalue weighted by Crippen LogP contribution is 2.30. The first-order valence-corrected chi connectivity index (χ1v) is 8.71. The number of pyridine rings is 3. The first-order valence-electron chi connectivity index (χ1n) is 8.71. The minimum Gasteiger partial charge on any atom is -0.496 e. The van der Waals surface area contributed by atoms with E-state index in [1.54, 1.807) is 44.0 Å². The zero-order valence-electron chi connectivity index (χ0n) is 15.0. The van der Waals surface area contributed by atoms with Gasteiger partial charge in [-0.1, -0.05) is 0 Å². The fraction of sp³-hybridized carbons (Fsp3) is 0.200. The summed E-state index contributed by atoms with van der Waals surface area (Å²) in [7, 11) is 1.60. The van der Waals surface area contributed by atoms with E-state index < -0.39 is 0 Å². The van der Waals surface area contributed by atoms with Crippen LogP contribution in [0.15, 0.2) is 49.1 Å². The standard InChI is InChI=1S/C20H20N6O/c1-27-18-4-5-23-11-15(18)17-10-14(16(21)12-25-17)20(22)13-3-6-24-19(9-13)26-7-2-8-26/h3-6,9-12,22H,2,7-8,21H2,1H3. The summed E-state index contributed by atoms with van der Waals surface area (Å²) in [6.07, 6.45) is 7.84. The van der Waals surface area contributed by atoms with E-state index >= 15 is 0 Å². The lowest BCUT2D eigenvalue weighted by Crippen LogP contribution is -2.37. The van der Waals surface area contributed by atoms with Crippen LogP contribution in [0, 0.1) is 5.41 Å². The molecule has 27 heavy (non-hydrogen) atoms. The maximum atomic E-state index is 8.68. The number of nitrogen functional groups attached to an aromatic ring is 1. The monoisotopic (exact) mass is 360 g/mol.